The molecular formula is C16H16F2. The van der Waals surface area contributed by atoms with Crippen molar-refractivity contribution in [2.45, 2.75) is 55.3 Å². The maximum Gasteiger partial charge on any atom is 0.258 e. The molecule has 2 bridgehead atoms. The van der Waals surface area contributed by atoms with Gasteiger partial charge in [0.15, 0.2) is 0 Å². The molecule has 0 nitrogen and oxygen atoms in total. The summed E-state index contributed by atoms with van der Waals surface area (Å²) in [4.78, 5) is 0. The van der Waals surface area contributed by atoms with E-state index < -0.39 is 11.3 Å². The predicted octanol–water partition coefficient (Wildman–Crippen LogP) is 4.35. The van der Waals surface area contributed by atoms with E-state index in [4.69, 9.17) is 0 Å². The van der Waals surface area contributed by atoms with Crippen LogP contribution in [0, 0.1) is 5.92 Å². The van der Waals surface area contributed by atoms with Crippen LogP contribution in [0.5, 0.6) is 0 Å². The Morgan fingerprint density at radius 2 is 1.89 bits per heavy atom. The zero-order chi connectivity index (χ0) is 12.1. The summed E-state index contributed by atoms with van der Waals surface area (Å²) in [6.07, 6.45) is 4.32. The maximum absolute atomic E-state index is 14.5. The van der Waals surface area contributed by atoms with E-state index in [2.05, 4.69) is 12.1 Å². The molecule has 0 saturated heterocycles. The number of benzene rings is 1. The van der Waals surface area contributed by atoms with Crippen LogP contribution in [-0.4, -0.2) is 5.92 Å². The molecule has 4 aliphatic rings. The summed E-state index contributed by atoms with van der Waals surface area (Å²) in [5, 5.41) is 0. The van der Waals surface area contributed by atoms with E-state index in [1.54, 1.807) is 0 Å². The van der Waals surface area contributed by atoms with E-state index in [1.165, 1.54) is 24.0 Å². The Bertz CT molecular complexity index is 558. The third-order valence-corrected chi connectivity index (χ3v) is 5.90. The van der Waals surface area contributed by atoms with E-state index in [9.17, 15) is 8.78 Å². The van der Waals surface area contributed by atoms with Gasteiger partial charge in [-0.15, -0.1) is 0 Å². The molecule has 0 radical (unpaired) electrons. The van der Waals surface area contributed by atoms with E-state index in [1.807, 2.05) is 6.07 Å². The van der Waals surface area contributed by atoms with Gasteiger partial charge in [-0.1, -0.05) is 18.2 Å². The standard InChI is InChI=1S/C16H16F2/c17-15(18)7-1-2-13-14-12-8-10(16(13,14)15)5-6-11(12)9-3-4-9/h5-6,8-9,13-14H,1-4,7H2. The molecule has 3 fully saturated rings. The van der Waals surface area contributed by atoms with Crippen molar-refractivity contribution in [1.82, 2.24) is 0 Å². The normalized spacial score (nSPS) is 42.3. The Morgan fingerprint density at radius 1 is 1.06 bits per heavy atom. The SMILES string of the molecule is FC1(F)CCCC2C3c4cc(ccc4C4CC4)C231. The molecule has 0 aliphatic heterocycles. The van der Waals surface area contributed by atoms with E-state index in [0.717, 1.165) is 12.0 Å². The first-order valence-corrected chi connectivity index (χ1v) is 7.18. The molecule has 3 atom stereocenters. The lowest BCUT2D eigenvalue weighted by atomic mass is 9.80. The first kappa shape index (κ1) is 9.94. The highest BCUT2D eigenvalue weighted by Crippen LogP contribution is 2.80. The van der Waals surface area contributed by atoms with Crippen LogP contribution < -0.4 is 0 Å². The summed E-state index contributed by atoms with van der Waals surface area (Å²) in [6.45, 7) is 0. The fraction of sp³-hybridized carbons (Fsp3) is 0.625. The Kier molecular flexibility index (Phi) is 1.47. The lowest BCUT2D eigenvalue weighted by molar-refractivity contribution is -0.0671. The Balaban J connectivity index is 1.70. The average molecular weight is 246 g/mol. The summed E-state index contributed by atoms with van der Waals surface area (Å²) in [5.74, 6) is -1.39. The second-order valence-electron chi connectivity index (χ2n) is 6.67. The summed E-state index contributed by atoms with van der Waals surface area (Å²) >= 11 is 0. The Morgan fingerprint density at radius 3 is 2.67 bits per heavy atom. The molecule has 94 valence electrons. The van der Waals surface area contributed by atoms with Gasteiger partial charge in [0.1, 0.15) is 0 Å². The third kappa shape index (κ3) is 0.856. The van der Waals surface area contributed by atoms with Crippen molar-refractivity contribution >= 4 is 0 Å². The molecule has 0 N–H and O–H groups in total. The molecule has 5 rings (SSSR count). The minimum Gasteiger partial charge on any atom is -0.206 e. The van der Waals surface area contributed by atoms with Gasteiger partial charge in [-0.05, 0) is 54.2 Å². The number of hydrogen-bond acceptors (Lipinski definition) is 0. The fourth-order valence-corrected chi connectivity index (χ4v) is 5.04. The molecule has 0 aromatic heterocycles. The summed E-state index contributed by atoms with van der Waals surface area (Å²) in [5.41, 5.74) is 2.86. The van der Waals surface area contributed by atoms with E-state index in [0.29, 0.717) is 12.3 Å². The minimum atomic E-state index is -2.47. The van der Waals surface area contributed by atoms with Crippen LogP contribution in [0.1, 0.15) is 60.6 Å². The minimum absolute atomic E-state index is 0.0945. The van der Waals surface area contributed by atoms with Crippen LogP contribution in [0.15, 0.2) is 18.2 Å². The monoisotopic (exact) mass is 246 g/mol. The Labute approximate surface area is 105 Å². The van der Waals surface area contributed by atoms with Crippen LogP contribution >= 0.6 is 0 Å². The van der Waals surface area contributed by atoms with Crippen LogP contribution in [0.4, 0.5) is 8.78 Å². The lowest BCUT2D eigenvalue weighted by Gasteiger charge is -2.31. The third-order valence-electron chi connectivity index (χ3n) is 5.90. The molecule has 3 unspecified atom stereocenters. The highest BCUT2D eigenvalue weighted by atomic mass is 19.3. The molecule has 3 saturated carbocycles. The second kappa shape index (κ2) is 2.66. The van der Waals surface area contributed by atoms with Crippen molar-refractivity contribution in [3.63, 3.8) is 0 Å². The van der Waals surface area contributed by atoms with Gasteiger partial charge in [0, 0.05) is 12.3 Å². The van der Waals surface area contributed by atoms with Gasteiger partial charge in [-0.2, -0.15) is 0 Å². The molecule has 4 aliphatic carbocycles. The molecule has 2 heteroatoms. The summed E-state index contributed by atoms with van der Waals surface area (Å²) in [6, 6.07) is 6.26. The van der Waals surface area contributed by atoms with E-state index in [-0.39, 0.29) is 18.3 Å². The van der Waals surface area contributed by atoms with Gasteiger partial charge in [0.2, 0.25) is 0 Å². The predicted molar refractivity (Wildman–Crippen MR) is 65.1 cm³/mol. The molecule has 1 spiro atoms. The first-order chi connectivity index (χ1) is 8.66. The van der Waals surface area contributed by atoms with Crippen molar-refractivity contribution in [1.29, 1.82) is 0 Å². The smallest absolute Gasteiger partial charge is 0.206 e. The van der Waals surface area contributed by atoms with Crippen LogP contribution in [0.25, 0.3) is 0 Å². The first-order valence-electron chi connectivity index (χ1n) is 7.18. The van der Waals surface area contributed by atoms with Gasteiger partial charge in [0.05, 0.1) is 5.41 Å². The van der Waals surface area contributed by atoms with Gasteiger partial charge in [0.25, 0.3) is 5.92 Å². The molecule has 1 aromatic carbocycles. The zero-order valence-corrected chi connectivity index (χ0v) is 10.3. The topological polar surface area (TPSA) is 0 Å². The number of rotatable bonds is 1. The summed E-state index contributed by atoms with van der Waals surface area (Å²) < 4.78 is 28.9. The quantitative estimate of drug-likeness (QED) is 0.691. The van der Waals surface area contributed by atoms with Gasteiger partial charge >= 0.3 is 0 Å². The fourth-order valence-electron chi connectivity index (χ4n) is 5.04. The number of alkyl halides is 2. The van der Waals surface area contributed by atoms with Gasteiger partial charge in [-0.3, -0.25) is 0 Å². The lowest BCUT2D eigenvalue weighted by Crippen LogP contribution is -2.37. The highest BCUT2D eigenvalue weighted by Gasteiger charge is 2.80. The number of hydrogen-bond donors (Lipinski definition) is 0. The van der Waals surface area contributed by atoms with Crippen molar-refractivity contribution < 1.29 is 8.78 Å². The van der Waals surface area contributed by atoms with Crippen molar-refractivity contribution in [2.24, 2.45) is 5.92 Å². The summed E-state index contributed by atoms with van der Waals surface area (Å²) in [7, 11) is 0. The van der Waals surface area contributed by atoms with Crippen molar-refractivity contribution in [3.8, 4) is 0 Å². The Hall–Kier alpha value is -0.920. The van der Waals surface area contributed by atoms with Crippen LogP contribution in [0.2, 0.25) is 0 Å². The molecule has 18 heavy (non-hydrogen) atoms. The van der Waals surface area contributed by atoms with Crippen molar-refractivity contribution in [3.05, 3.63) is 34.9 Å². The average Bonchev–Trinajstić information content (AvgIpc) is 3.20. The molecule has 1 aromatic rings. The van der Waals surface area contributed by atoms with Crippen LogP contribution in [-0.2, 0) is 5.41 Å². The highest BCUT2D eigenvalue weighted by molar-refractivity contribution is 5.61. The zero-order valence-electron chi connectivity index (χ0n) is 10.3. The van der Waals surface area contributed by atoms with Crippen molar-refractivity contribution in [2.75, 3.05) is 0 Å². The maximum atomic E-state index is 14.5. The molecule has 0 amide bonds. The second-order valence-corrected chi connectivity index (χ2v) is 6.67. The molecule has 0 heterocycles. The van der Waals surface area contributed by atoms with Crippen LogP contribution in [0.3, 0.4) is 0 Å². The number of halogens is 2. The molecular weight excluding hydrogens is 230 g/mol. The van der Waals surface area contributed by atoms with Gasteiger partial charge in [-0.25, -0.2) is 8.78 Å². The largest absolute Gasteiger partial charge is 0.258 e. The van der Waals surface area contributed by atoms with E-state index >= 15 is 0 Å². The number of fused-ring (bicyclic) bond motifs is 4. The van der Waals surface area contributed by atoms with Gasteiger partial charge < -0.3 is 0 Å².